The highest BCUT2D eigenvalue weighted by Gasteiger charge is 2.25. The lowest BCUT2D eigenvalue weighted by Gasteiger charge is -2.25. The van der Waals surface area contributed by atoms with Crippen LogP contribution in [-0.2, 0) is 17.7 Å². The van der Waals surface area contributed by atoms with Crippen molar-refractivity contribution >= 4 is 29.4 Å². The number of nitrogens with two attached hydrogens (primary N) is 2. The number of esters is 1. The summed E-state index contributed by atoms with van der Waals surface area (Å²) in [6.45, 7) is 5.93. The van der Waals surface area contributed by atoms with E-state index in [1.54, 1.807) is 17.0 Å². The van der Waals surface area contributed by atoms with Crippen molar-refractivity contribution in [2.24, 2.45) is 11.5 Å². The normalized spacial score (nSPS) is 12.4. The minimum Gasteiger partial charge on any atom is -0.456 e. The molecule has 218 valence electrons. The largest absolute Gasteiger partial charge is 0.456 e. The second-order valence-electron chi connectivity index (χ2n) is 10.0. The predicted octanol–water partition coefficient (Wildman–Crippen LogP) is 4.59. The molecule has 2 amide bonds. The number of nitrogens with one attached hydrogen (secondary N) is 1. The molecule has 3 aromatic rings. The summed E-state index contributed by atoms with van der Waals surface area (Å²) in [7, 11) is 0. The molecule has 0 aliphatic rings. The number of ether oxygens (including phenoxy) is 1. The van der Waals surface area contributed by atoms with Crippen molar-refractivity contribution in [3.05, 3.63) is 106 Å². The lowest BCUT2D eigenvalue weighted by Crippen LogP contribution is -2.46. The number of primary amides is 1. The Bertz CT molecular complexity index is 1290. The topological polar surface area (TPSA) is 128 Å². The first-order chi connectivity index (χ1) is 19.7. The van der Waals surface area contributed by atoms with Crippen LogP contribution in [-0.4, -0.2) is 54.5 Å². The van der Waals surface area contributed by atoms with Gasteiger partial charge in [-0.2, -0.15) is 0 Å². The van der Waals surface area contributed by atoms with Crippen LogP contribution in [0.25, 0.3) is 0 Å². The summed E-state index contributed by atoms with van der Waals surface area (Å²) in [6, 6.07) is 20.8. The number of hydrogen-bond acceptors (Lipinski definition) is 6. The SMILES string of the molecule is CCCN(CCC)C(=O)c1cc(C(N)=O)cc(C(=O)OC(CNCc2ccccc2)C(N)Cc2ccc(Cl)cc2)c1. The molecule has 3 aromatic carbocycles. The number of benzene rings is 3. The second-order valence-corrected chi connectivity index (χ2v) is 10.4. The highest BCUT2D eigenvalue weighted by atomic mass is 35.5. The van der Waals surface area contributed by atoms with Gasteiger partial charge in [-0.1, -0.05) is 67.9 Å². The maximum absolute atomic E-state index is 13.5. The molecule has 0 heterocycles. The number of hydrogen-bond donors (Lipinski definition) is 3. The Balaban J connectivity index is 1.84. The Morgan fingerprint density at radius 2 is 1.49 bits per heavy atom. The van der Waals surface area contributed by atoms with E-state index in [1.807, 2.05) is 56.3 Å². The highest BCUT2D eigenvalue weighted by molar-refractivity contribution is 6.30. The van der Waals surface area contributed by atoms with Crippen molar-refractivity contribution in [3.63, 3.8) is 0 Å². The fourth-order valence-corrected chi connectivity index (χ4v) is 4.64. The van der Waals surface area contributed by atoms with Gasteiger partial charge >= 0.3 is 5.97 Å². The van der Waals surface area contributed by atoms with E-state index < -0.39 is 24.0 Å². The molecule has 0 spiro atoms. The van der Waals surface area contributed by atoms with Gasteiger partial charge in [0.05, 0.1) is 5.56 Å². The van der Waals surface area contributed by atoms with E-state index in [4.69, 9.17) is 27.8 Å². The van der Waals surface area contributed by atoms with Crippen LogP contribution >= 0.6 is 11.6 Å². The van der Waals surface area contributed by atoms with Gasteiger partial charge in [0.15, 0.2) is 0 Å². The molecule has 0 aliphatic carbocycles. The van der Waals surface area contributed by atoms with E-state index in [2.05, 4.69) is 5.32 Å². The summed E-state index contributed by atoms with van der Waals surface area (Å²) < 4.78 is 5.93. The zero-order valence-corrected chi connectivity index (χ0v) is 24.4. The van der Waals surface area contributed by atoms with Gasteiger partial charge < -0.3 is 26.4 Å². The van der Waals surface area contributed by atoms with Crippen molar-refractivity contribution < 1.29 is 19.1 Å². The molecule has 2 atom stereocenters. The second kappa shape index (κ2) is 15.9. The van der Waals surface area contributed by atoms with Crippen LogP contribution < -0.4 is 16.8 Å². The molecule has 0 bridgehead atoms. The molecule has 0 aromatic heterocycles. The first-order valence-electron chi connectivity index (χ1n) is 13.9. The summed E-state index contributed by atoms with van der Waals surface area (Å²) in [5, 5.41) is 3.94. The van der Waals surface area contributed by atoms with Crippen molar-refractivity contribution in [2.45, 2.75) is 51.8 Å². The molecule has 0 fully saturated rings. The van der Waals surface area contributed by atoms with Crippen LogP contribution in [0.4, 0.5) is 0 Å². The lowest BCUT2D eigenvalue weighted by molar-refractivity contribution is 0.0238. The summed E-state index contributed by atoms with van der Waals surface area (Å²) in [4.78, 5) is 40.6. The first kappa shape index (κ1) is 31.8. The minimum atomic E-state index is -0.744. The molecule has 0 radical (unpaired) electrons. The first-order valence-corrected chi connectivity index (χ1v) is 14.3. The number of carbonyl (C=O) groups excluding carboxylic acids is 3. The molecule has 41 heavy (non-hydrogen) atoms. The quantitative estimate of drug-likeness (QED) is 0.226. The number of amides is 2. The van der Waals surface area contributed by atoms with Crippen LogP contribution in [0.5, 0.6) is 0 Å². The van der Waals surface area contributed by atoms with E-state index >= 15 is 0 Å². The van der Waals surface area contributed by atoms with E-state index in [0.29, 0.717) is 31.1 Å². The van der Waals surface area contributed by atoms with Gasteiger partial charge in [0.1, 0.15) is 6.10 Å². The average Bonchev–Trinajstić information content (AvgIpc) is 2.97. The zero-order valence-electron chi connectivity index (χ0n) is 23.6. The van der Waals surface area contributed by atoms with E-state index in [1.165, 1.54) is 18.2 Å². The molecule has 0 aliphatic heterocycles. The molecule has 9 heteroatoms. The molecular formula is C32H39ClN4O4. The summed E-state index contributed by atoms with van der Waals surface area (Å²) in [5.41, 5.74) is 14.5. The third-order valence-corrected chi connectivity index (χ3v) is 6.86. The van der Waals surface area contributed by atoms with Crippen LogP contribution in [0.1, 0.15) is 68.9 Å². The number of carbonyl (C=O) groups is 3. The standard InChI is InChI=1S/C32H39ClN4O4/c1-3-14-37(15-4-2)31(39)25-17-24(30(35)38)18-26(19-25)32(40)41-29(21-36-20-23-8-6-5-7-9-23)28(34)16-22-10-12-27(33)13-11-22/h5-13,17-19,28-29,36H,3-4,14-16,20-21,34H2,1-2H3,(H2,35,38). The van der Waals surface area contributed by atoms with Crippen LogP contribution in [0, 0.1) is 0 Å². The van der Waals surface area contributed by atoms with Gasteiger partial charge in [-0.15, -0.1) is 0 Å². The Morgan fingerprint density at radius 1 is 0.878 bits per heavy atom. The summed E-state index contributed by atoms with van der Waals surface area (Å²) >= 11 is 6.03. The highest BCUT2D eigenvalue weighted by Crippen LogP contribution is 2.17. The van der Waals surface area contributed by atoms with Crippen LogP contribution in [0.2, 0.25) is 5.02 Å². The van der Waals surface area contributed by atoms with Gasteiger partial charge in [0.25, 0.3) is 5.91 Å². The minimum absolute atomic E-state index is 0.0555. The molecular weight excluding hydrogens is 540 g/mol. The monoisotopic (exact) mass is 578 g/mol. The van der Waals surface area contributed by atoms with Crippen molar-refractivity contribution in [1.82, 2.24) is 10.2 Å². The number of halogens is 1. The Labute approximate surface area is 247 Å². The Hall–Kier alpha value is -3.72. The molecule has 5 N–H and O–H groups in total. The average molecular weight is 579 g/mol. The Kier molecular flexibility index (Phi) is 12.3. The summed E-state index contributed by atoms with van der Waals surface area (Å²) in [6.07, 6.45) is 1.28. The van der Waals surface area contributed by atoms with Gasteiger partial charge in [0, 0.05) is 48.4 Å². The van der Waals surface area contributed by atoms with Crippen molar-refractivity contribution in [3.8, 4) is 0 Å². The van der Waals surface area contributed by atoms with E-state index in [0.717, 1.165) is 24.0 Å². The van der Waals surface area contributed by atoms with Crippen LogP contribution in [0.3, 0.4) is 0 Å². The summed E-state index contributed by atoms with van der Waals surface area (Å²) in [5.74, 6) is -1.71. The van der Waals surface area contributed by atoms with Crippen LogP contribution in [0.15, 0.2) is 72.8 Å². The fraction of sp³-hybridized carbons (Fsp3) is 0.344. The molecule has 0 saturated carbocycles. The Morgan fingerprint density at radius 3 is 2.10 bits per heavy atom. The van der Waals surface area contributed by atoms with Crippen molar-refractivity contribution in [1.29, 1.82) is 0 Å². The lowest BCUT2D eigenvalue weighted by atomic mass is 10.0. The third-order valence-electron chi connectivity index (χ3n) is 6.61. The van der Waals surface area contributed by atoms with Gasteiger partial charge in [-0.25, -0.2) is 4.79 Å². The van der Waals surface area contributed by atoms with E-state index in [9.17, 15) is 14.4 Å². The number of rotatable bonds is 15. The maximum Gasteiger partial charge on any atom is 0.338 e. The maximum atomic E-state index is 13.5. The number of nitrogens with zero attached hydrogens (tertiary/aromatic N) is 1. The van der Waals surface area contributed by atoms with Gasteiger partial charge in [-0.05, 0) is 60.7 Å². The predicted molar refractivity (Wildman–Crippen MR) is 162 cm³/mol. The van der Waals surface area contributed by atoms with Gasteiger partial charge in [-0.3, -0.25) is 9.59 Å². The third kappa shape index (κ3) is 9.70. The smallest absolute Gasteiger partial charge is 0.338 e. The molecule has 8 nitrogen and oxygen atoms in total. The molecule has 2 unspecified atom stereocenters. The fourth-order valence-electron chi connectivity index (χ4n) is 4.51. The van der Waals surface area contributed by atoms with Crippen molar-refractivity contribution in [2.75, 3.05) is 19.6 Å². The van der Waals surface area contributed by atoms with E-state index in [-0.39, 0.29) is 29.1 Å². The molecule has 0 saturated heterocycles. The molecule has 3 rings (SSSR count). The zero-order chi connectivity index (χ0) is 29.8. The van der Waals surface area contributed by atoms with Gasteiger partial charge in [0.2, 0.25) is 5.91 Å².